The number of hydrogen-bond donors (Lipinski definition) is 1. The van der Waals surface area contributed by atoms with Gasteiger partial charge in [0.25, 0.3) is 0 Å². The summed E-state index contributed by atoms with van der Waals surface area (Å²) in [5.74, 6) is 0.833. The van der Waals surface area contributed by atoms with Gasteiger partial charge < -0.3 is 15.5 Å². The van der Waals surface area contributed by atoms with Crippen LogP contribution < -0.4 is 5.73 Å². The number of nitrogens with zero attached hydrogens (tertiary/aromatic N) is 3. The molecule has 120 valence electrons. The molecule has 2 heterocycles. The zero-order valence-corrected chi connectivity index (χ0v) is 13.9. The maximum Gasteiger partial charge on any atom is 0.192 e. The van der Waals surface area contributed by atoms with Gasteiger partial charge in [0.2, 0.25) is 0 Å². The van der Waals surface area contributed by atoms with Gasteiger partial charge in [-0.05, 0) is 39.5 Å². The minimum absolute atomic E-state index is 0.241. The summed E-state index contributed by atoms with van der Waals surface area (Å²) in [6.45, 7) is 7.94. The normalized spacial score (nSPS) is 28.1. The van der Waals surface area contributed by atoms with Crippen LogP contribution in [0, 0.1) is 0 Å². The highest BCUT2D eigenvalue weighted by Gasteiger charge is 2.47. The first-order valence-corrected chi connectivity index (χ1v) is 8.96. The van der Waals surface area contributed by atoms with E-state index >= 15 is 0 Å². The third-order valence-electron chi connectivity index (χ3n) is 5.94. The Hall–Kier alpha value is -0.770. The predicted molar refractivity (Wildman–Crippen MR) is 88.5 cm³/mol. The van der Waals surface area contributed by atoms with Crippen molar-refractivity contribution in [3.8, 4) is 0 Å². The van der Waals surface area contributed by atoms with Crippen molar-refractivity contribution in [3.05, 3.63) is 0 Å². The van der Waals surface area contributed by atoms with Gasteiger partial charge in [-0.2, -0.15) is 0 Å². The maximum atomic E-state index is 6.32. The molecule has 1 aliphatic carbocycles. The van der Waals surface area contributed by atoms with E-state index in [0.717, 1.165) is 12.5 Å². The quantitative estimate of drug-likeness (QED) is 0.796. The van der Waals surface area contributed by atoms with Crippen molar-refractivity contribution in [1.82, 2.24) is 9.80 Å². The topological polar surface area (TPSA) is 44.9 Å². The Kier molecular flexibility index (Phi) is 4.43. The van der Waals surface area contributed by atoms with Gasteiger partial charge in [0, 0.05) is 25.2 Å². The Balaban J connectivity index is 1.72. The first kappa shape index (κ1) is 15.1. The summed E-state index contributed by atoms with van der Waals surface area (Å²) in [7, 11) is 0. The molecule has 0 radical (unpaired) electrons. The fourth-order valence-corrected chi connectivity index (χ4v) is 4.57. The van der Waals surface area contributed by atoms with E-state index < -0.39 is 0 Å². The fraction of sp³-hybridized carbons (Fsp3) is 0.941. The van der Waals surface area contributed by atoms with E-state index in [2.05, 4.69) is 28.6 Å². The van der Waals surface area contributed by atoms with E-state index in [9.17, 15) is 0 Å². The van der Waals surface area contributed by atoms with Crippen LogP contribution in [0.25, 0.3) is 0 Å². The van der Waals surface area contributed by atoms with Gasteiger partial charge in [-0.1, -0.05) is 25.7 Å². The summed E-state index contributed by atoms with van der Waals surface area (Å²) in [4.78, 5) is 9.84. The van der Waals surface area contributed by atoms with Gasteiger partial charge >= 0.3 is 0 Å². The molecular formula is C17H32N4. The van der Waals surface area contributed by atoms with Crippen LogP contribution in [0.5, 0.6) is 0 Å². The van der Waals surface area contributed by atoms with E-state index in [4.69, 9.17) is 5.73 Å². The van der Waals surface area contributed by atoms with Gasteiger partial charge in [-0.15, -0.1) is 0 Å². The standard InChI is InChI=1S/C17H32N4/c1-14(2)20-11-9-17(10-12-20)13-19-16(18)21(17)15-7-5-3-4-6-8-15/h14-15H,3-13H2,1-2H3,(H2,18,19). The highest BCUT2D eigenvalue weighted by Crippen LogP contribution is 2.38. The largest absolute Gasteiger partial charge is 0.370 e. The molecule has 2 fully saturated rings. The Bertz CT molecular complexity index is 374. The van der Waals surface area contributed by atoms with E-state index in [1.54, 1.807) is 0 Å². The second-order valence-corrected chi connectivity index (χ2v) is 7.54. The van der Waals surface area contributed by atoms with Crippen molar-refractivity contribution in [2.75, 3.05) is 19.6 Å². The Labute approximate surface area is 129 Å². The number of rotatable bonds is 2. The molecule has 1 saturated heterocycles. The van der Waals surface area contributed by atoms with Crippen molar-refractivity contribution in [2.45, 2.75) is 82.8 Å². The van der Waals surface area contributed by atoms with Crippen LogP contribution in [0.15, 0.2) is 4.99 Å². The number of likely N-dealkylation sites (tertiary alicyclic amines) is 1. The summed E-state index contributed by atoms with van der Waals surface area (Å²) in [6.07, 6.45) is 10.6. The molecule has 3 aliphatic rings. The third-order valence-corrected chi connectivity index (χ3v) is 5.94. The van der Waals surface area contributed by atoms with Crippen molar-refractivity contribution >= 4 is 5.96 Å². The third kappa shape index (κ3) is 2.92. The Morgan fingerprint density at radius 3 is 2.29 bits per heavy atom. The molecule has 2 aliphatic heterocycles. The number of aliphatic imine (C=N–C) groups is 1. The smallest absolute Gasteiger partial charge is 0.192 e. The summed E-state index contributed by atoms with van der Waals surface area (Å²) in [5, 5.41) is 0. The van der Waals surface area contributed by atoms with Crippen molar-refractivity contribution in [3.63, 3.8) is 0 Å². The fourth-order valence-electron chi connectivity index (χ4n) is 4.57. The molecule has 4 nitrogen and oxygen atoms in total. The van der Waals surface area contributed by atoms with Crippen LogP contribution in [0.4, 0.5) is 0 Å². The lowest BCUT2D eigenvalue weighted by Crippen LogP contribution is -2.61. The van der Waals surface area contributed by atoms with Crippen LogP contribution in [0.2, 0.25) is 0 Å². The maximum absolute atomic E-state index is 6.32. The van der Waals surface area contributed by atoms with Gasteiger partial charge in [0.15, 0.2) is 5.96 Å². The average Bonchev–Trinajstić information content (AvgIpc) is 2.68. The molecule has 0 bridgehead atoms. The molecule has 0 unspecified atom stereocenters. The molecule has 21 heavy (non-hydrogen) atoms. The molecule has 0 atom stereocenters. The van der Waals surface area contributed by atoms with E-state index in [1.807, 2.05) is 0 Å². The second-order valence-electron chi connectivity index (χ2n) is 7.54. The molecule has 0 aromatic carbocycles. The number of nitrogens with two attached hydrogens (primary N) is 1. The highest BCUT2D eigenvalue weighted by atomic mass is 15.4. The molecule has 0 aromatic heterocycles. The van der Waals surface area contributed by atoms with Crippen molar-refractivity contribution < 1.29 is 0 Å². The van der Waals surface area contributed by atoms with E-state index in [-0.39, 0.29) is 5.54 Å². The second kappa shape index (κ2) is 6.15. The Morgan fingerprint density at radius 2 is 1.71 bits per heavy atom. The van der Waals surface area contributed by atoms with E-state index in [0.29, 0.717) is 12.1 Å². The van der Waals surface area contributed by atoms with Crippen LogP contribution in [0.1, 0.15) is 65.2 Å². The molecule has 3 rings (SSSR count). The van der Waals surface area contributed by atoms with Crippen LogP contribution in [0.3, 0.4) is 0 Å². The van der Waals surface area contributed by atoms with E-state index in [1.165, 1.54) is 64.5 Å². The first-order valence-electron chi connectivity index (χ1n) is 8.96. The lowest BCUT2D eigenvalue weighted by molar-refractivity contribution is 0.0454. The monoisotopic (exact) mass is 292 g/mol. The molecule has 0 amide bonds. The summed E-state index contributed by atoms with van der Waals surface area (Å²) >= 11 is 0. The van der Waals surface area contributed by atoms with Gasteiger partial charge in [-0.3, -0.25) is 4.99 Å². The van der Waals surface area contributed by atoms with Gasteiger partial charge in [0.1, 0.15) is 0 Å². The molecule has 4 heteroatoms. The van der Waals surface area contributed by atoms with Gasteiger partial charge in [-0.25, -0.2) is 0 Å². The average molecular weight is 292 g/mol. The zero-order chi connectivity index (χ0) is 14.9. The SMILES string of the molecule is CC(C)N1CCC2(CC1)CN=C(N)N2C1CCCCCC1. The van der Waals surface area contributed by atoms with Crippen molar-refractivity contribution in [2.24, 2.45) is 10.7 Å². The Morgan fingerprint density at radius 1 is 1.10 bits per heavy atom. The first-order chi connectivity index (χ1) is 10.1. The number of hydrogen-bond acceptors (Lipinski definition) is 4. The molecule has 0 aromatic rings. The van der Waals surface area contributed by atoms with Gasteiger partial charge in [0.05, 0.1) is 12.1 Å². The van der Waals surface area contributed by atoms with Crippen LogP contribution in [-0.2, 0) is 0 Å². The zero-order valence-electron chi connectivity index (χ0n) is 13.9. The minimum atomic E-state index is 0.241. The van der Waals surface area contributed by atoms with Crippen molar-refractivity contribution in [1.29, 1.82) is 0 Å². The lowest BCUT2D eigenvalue weighted by atomic mass is 9.84. The number of guanidine groups is 1. The predicted octanol–water partition coefficient (Wildman–Crippen LogP) is 2.58. The summed E-state index contributed by atoms with van der Waals surface area (Å²) < 4.78 is 0. The summed E-state index contributed by atoms with van der Waals surface area (Å²) in [5.41, 5.74) is 6.56. The molecule has 1 saturated carbocycles. The highest BCUT2D eigenvalue weighted by molar-refractivity contribution is 5.81. The summed E-state index contributed by atoms with van der Waals surface area (Å²) in [6, 6.07) is 1.30. The van der Waals surface area contributed by atoms with Crippen LogP contribution in [-0.4, -0.2) is 53.0 Å². The minimum Gasteiger partial charge on any atom is -0.370 e. The number of piperidine rings is 1. The molecular weight excluding hydrogens is 260 g/mol. The lowest BCUT2D eigenvalue weighted by Gasteiger charge is -2.49. The molecule has 1 spiro atoms. The van der Waals surface area contributed by atoms with Crippen LogP contribution >= 0.6 is 0 Å². The molecule has 2 N–H and O–H groups in total.